The second kappa shape index (κ2) is 10.6. The SMILES string of the molecule is CCC(CNc1ncc(C)n(CC(=O)NCC2CN=C(N)NO2)c1=O)c1ccccc1. The van der Waals surface area contributed by atoms with Gasteiger partial charge in [0.05, 0.1) is 6.54 Å². The van der Waals surface area contributed by atoms with Crippen LogP contribution in [0.25, 0.3) is 0 Å². The summed E-state index contributed by atoms with van der Waals surface area (Å²) in [5.74, 6) is 0.391. The third-order valence-corrected chi connectivity index (χ3v) is 5.16. The second-order valence-corrected chi connectivity index (χ2v) is 7.41. The molecule has 0 saturated heterocycles. The standard InChI is InChI=1S/C21H29N7O3/c1-3-15(16-7-5-4-6-8-16)10-25-19-20(30)28(14(2)9-24-19)13-18(29)23-11-17-12-26-21(22)27-31-17/h4-9,15,17H,3,10-13H2,1-2H3,(H,23,29)(H,24,25)(H3,22,26,27). The van der Waals surface area contributed by atoms with Gasteiger partial charge in [-0.2, -0.15) is 0 Å². The first kappa shape index (κ1) is 22.3. The van der Waals surface area contributed by atoms with Gasteiger partial charge in [0.1, 0.15) is 12.6 Å². The molecule has 31 heavy (non-hydrogen) atoms. The zero-order valence-electron chi connectivity index (χ0n) is 17.8. The van der Waals surface area contributed by atoms with Gasteiger partial charge in [0.25, 0.3) is 5.56 Å². The summed E-state index contributed by atoms with van der Waals surface area (Å²) in [6.07, 6.45) is 2.19. The van der Waals surface area contributed by atoms with Crippen molar-refractivity contribution in [1.82, 2.24) is 20.3 Å². The summed E-state index contributed by atoms with van der Waals surface area (Å²) in [6, 6.07) is 10.1. The zero-order valence-corrected chi connectivity index (χ0v) is 17.8. The van der Waals surface area contributed by atoms with E-state index in [2.05, 4.69) is 45.1 Å². The van der Waals surface area contributed by atoms with Crippen molar-refractivity contribution in [2.75, 3.05) is 25.0 Å². The quantitative estimate of drug-likeness (QED) is 0.457. The Morgan fingerprint density at radius 1 is 1.39 bits per heavy atom. The number of aliphatic imine (C=N–C) groups is 1. The number of benzene rings is 1. The third kappa shape index (κ3) is 6.05. The summed E-state index contributed by atoms with van der Waals surface area (Å²) in [5, 5.41) is 5.92. The fourth-order valence-electron chi connectivity index (χ4n) is 3.28. The van der Waals surface area contributed by atoms with Crippen molar-refractivity contribution >= 4 is 17.7 Å². The summed E-state index contributed by atoms with van der Waals surface area (Å²) >= 11 is 0. The number of anilines is 1. The molecule has 5 N–H and O–H groups in total. The number of guanidine groups is 1. The highest BCUT2D eigenvalue weighted by Crippen LogP contribution is 2.19. The van der Waals surface area contributed by atoms with E-state index in [1.807, 2.05) is 18.2 Å². The van der Waals surface area contributed by atoms with Gasteiger partial charge in [-0.15, -0.1) is 0 Å². The van der Waals surface area contributed by atoms with Gasteiger partial charge in [-0.3, -0.25) is 19.0 Å². The van der Waals surface area contributed by atoms with E-state index in [-0.39, 0.29) is 48.4 Å². The van der Waals surface area contributed by atoms with Crippen LogP contribution in [0.1, 0.15) is 30.5 Å². The van der Waals surface area contributed by atoms with Crippen molar-refractivity contribution in [1.29, 1.82) is 0 Å². The molecule has 0 saturated carbocycles. The molecule has 1 aromatic heterocycles. The van der Waals surface area contributed by atoms with E-state index in [4.69, 9.17) is 10.6 Å². The number of carbonyl (C=O) groups is 1. The molecule has 1 aromatic carbocycles. The summed E-state index contributed by atoms with van der Waals surface area (Å²) in [7, 11) is 0. The lowest BCUT2D eigenvalue weighted by Gasteiger charge is -2.21. The summed E-state index contributed by atoms with van der Waals surface area (Å²) < 4.78 is 1.41. The Bertz CT molecular complexity index is 975. The number of hydroxylamine groups is 1. The van der Waals surface area contributed by atoms with E-state index in [0.717, 1.165) is 6.42 Å². The Labute approximate surface area is 180 Å². The van der Waals surface area contributed by atoms with E-state index < -0.39 is 0 Å². The van der Waals surface area contributed by atoms with E-state index in [0.29, 0.717) is 18.8 Å². The van der Waals surface area contributed by atoms with Crippen LogP contribution in [-0.4, -0.2) is 47.2 Å². The van der Waals surface area contributed by atoms with E-state index in [1.165, 1.54) is 10.1 Å². The summed E-state index contributed by atoms with van der Waals surface area (Å²) in [5.41, 5.74) is 9.42. The fraction of sp³-hybridized carbons (Fsp3) is 0.429. The molecule has 0 spiro atoms. The molecule has 2 unspecified atom stereocenters. The first-order valence-corrected chi connectivity index (χ1v) is 10.3. The maximum absolute atomic E-state index is 12.9. The van der Waals surface area contributed by atoms with Crippen LogP contribution in [0, 0.1) is 6.92 Å². The van der Waals surface area contributed by atoms with Gasteiger partial charge < -0.3 is 16.4 Å². The Balaban J connectivity index is 1.60. The maximum Gasteiger partial charge on any atom is 0.293 e. The van der Waals surface area contributed by atoms with Crippen LogP contribution in [0.3, 0.4) is 0 Å². The molecule has 3 rings (SSSR count). The monoisotopic (exact) mass is 427 g/mol. The predicted octanol–water partition coefficient (Wildman–Crippen LogP) is 0.492. The topological polar surface area (TPSA) is 136 Å². The molecule has 2 heterocycles. The van der Waals surface area contributed by atoms with Gasteiger partial charge in [-0.05, 0) is 18.9 Å². The molecule has 2 atom stereocenters. The van der Waals surface area contributed by atoms with Gasteiger partial charge in [0.15, 0.2) is 5.82 Å². The summed E-state index contributed by atoms with van der Waals surface area (Å²) in [6.45, 7) is 4.92. The highest BCUT2D eigenvalue weighted by atomic mass is 16.7. The molecule has 1 aliphatic heterocycles. The maximum atomic E-state index is 12.9. The smallest absolute Gasteiger partial charge is 0.293 e. The van der Waals surface area contributed by atoms with Gasteiger partial charge in [0.2, 0.25) is 11.9 Å². The number of nitrogens with one attached hydrogen (secondary N) is 3. The molecule has 1 amide bonds. The van der Waals surface area contributed by atoms with Crippen molar-refractivity contribution in [2.45, 2.75) is 38.8 Å². The first-order valence-electron chi connectivity index (χ1n) is 10.3. The minimum Gasteiger partial charge on any atom is -0.368 e. The predicted molar refractivity (Wildman–Crippen MR) is 119 cm³/mol. The number of aryl methyl sites for hydroxylation is 1. The van der Waals surface area contributed by atoms with Gasteiger partial charge >= 0.3 is 0 Å². The van der Waals surface area contributed by atoms with Gasteiger partial charge in [-0.1, -0.05) is 37.3 Å². The Morgan fingerprint density at radius 2 is 2.16 bits per heavy atom. The number of nitrogens with zero attached hydrogens (tertiary/aromatic N) is 3. The van der Waals surface area contributed by atoms with Gasteiger partial charge in [0, 0.05) is 30.9 Å². The minimum absolute atomic E-state index is 0.108. The van der Waals surface area contributed by atoms with Crippen LogP contribution in [0.2, 0.25) is 0 Å². The Hall–Kier alpha value is -3.40. The molecule has 0 aliphatic carbocycles. The van der Waals surface area contributed by atoms with E-state index in [9.17, 15) is 9.59 Å². The van der Waals surface area contributed by atoms with Crippen LogP contribution >= 0.6 is 0 Å². The van der Waals surface area contributed by atoms with Crippen molar-refractivity contribution in [2.24, 2.45) is 10.7 Å². The van der Waals surface area contributed by atoms with E-state index in [1.54, 1.807) is 13.1 Å². The Kier molecular flexibility index (Phi) is 7.60. The zero-order chi connectivity index (χ0) is 22.2. The highest BCUT2D eigenvalue weighted by Gasteiger charge is 2.17. The van der Waals surface area contributed by atoms with Crippen LogP contribution in [0.4, 0.5) is 5.82 Å². The summed E-state index contributed by atoms with van der Waals surface area (Å²) in [4.78, 5) is 38.8. The number of amides is 1. The van der Waals surface area contributed by atoms with Crippen molar-refractivity contribution in [3.05, 3.63) is 58.1 Å². The van der Waals surface area contributed by atoms with Crippen LogP contribution < -0.4 is 27.4 Å². The highest BCUT2D eigenvalue weighted by molar-refractivity contribution is 5.77. The lowest BCUT2D eigenvalue weighted by molar-refractivity contribution is -0.122. The van der Waals surface area contributed by atoms with Crippen molar-refractivity contribution in [3.63, 3.8) is 0 Å². The van der Waals surface area contributed by atoms with Gasteiger partial charge in [-0.25, -0.2) is 15.5 Å². The molecule has 0 fully saturated rings. The normalized spacial score (nSPS) is 16.7. The molecule has 1 aliphatic rings. The molecular formula is C21H29N7O3. The largest absolute Gasteiger partial charge is 0.368 e. The van der Waals surface area contributed by atoms with E-state index >= 15 is 0 Å². The molecule has 10 heteroatoms. The number of nitrogens with two attached hydrogens (primary N) is 1. The lowest BCUT2D eigenvalue weighted by Crippen LogP contribution is -2.46. The minimum atomic E-state index is -0.328. The number of hydrogen-bond acceptors (Lipinski definition) is 8. The lowest BCUT2D eigenvalue weighted by atomic mass is 9.96. The average Bonchev–Trinajstić information content (AvgIpc) is 2.78. The van der Waals surface area contributed by atoms with Crippen LogP contribution in [0.5, 0.6) is 0 Å². The average molecular weight is 428 g/mol. The fourth-order valence-corrected chi connectivity index (χ4v) is 3.28. The second-order valence-electron chi connectivity index (χ2n) is 7.41. The molecule has 10 nitrogen and oxygen atoms in total. The molecular weight excluding hydrogens is 398 g/mol. The molecule has 0 bridgehead atoms. The number of hydrogen-bond donors (Lipinski definition) is 4. The van der Waals surface area contributed by atoms with Crippen LogP contribution in [0.15, 0.2) is 46.3 Å². The van der Waals surface area contributed by atoms with Crippen molar-refractivity contribution < 1.29 is 9.63 Å². The number of aromatic nitrogens is 2. The molecule has 2 aromatic rings. The molecule has 166 valence electrons. The molecule has 0 radical (unpaired) electrons. The van der Waals surface area contributed by atoms with Crippen molar-refractivity contribution in [3.8, 4) is 0 Å². The number of carbonyl (C=O) groups excluding carboxylic acids is 1. The van der Waals surface area contributed by atoms with Crippen LogP contribution in [-0.2, 0) is 16.2 Å². The third-order valence-electron chi connectivity index (χ3n) is 5.16. The first-order chi connectivity index (χ1) is 15.0. The Morgan fingerprint density at radius 3 is 2.84 bits per heavy atom. The number of rotatable bonds is 9.